The van der Waals surface area contributed by atoms with E-state index in [1.54, 1.807) is 0 Å². The Labute approximate surface area is 115 Å². The van der Waals surface area contributed by atoms with Crippen LogP contribution in [0.5, 0.6) is 0 Å². The monoisotopic (exact) mass is 337 g/mol. The number of hydrogen-bond donors (Lipinski definition) is 3. The molecular formula is C11H10BrF2NO4. The van der Waals surface area contributed by atoms with Gasteiger partial charge in [0.1, 0.15) is 17.2 Å². The van der Waals surface area contributed by atoms with Gasteiger partial charge in [-0.15, -0.1) is 0 Å². The Hall–Kier alpha value is -1.54. The Morgan fingerprint density at radius 2 is 1.84 bits per heavy atom. The van der Waals surface area contributed by atoms with Gasteiger partial charge in [0.25, 0.3) is 5.91 Å². The van der Waals surface area contributed by atoms with Crippen LogP contribution in [-0.4, -0.2) is 34.7 Å². The minimum atomic E-state index is -1.64. The van der Waals surface area contributed by atoms with E-state index in [2.05, 4.69) is 21.2 Å². The number of rotatable bonds is 5. The number of carbonyl (C=O) groups excluding carboxylic acids is 1. The molecule has 3 N–H and O–H groups in total. The first-order chi connectivity index (χ1) is 8.82. The highest BCUT2D eigenvalue weighted by atomic mass is 79.9. The van der Waals surface area contributed by atoms with Gasteiger partial charge < -0.3 is 15.5 Å². The summed E-state index contributed by atoms with van der Waals surface area (Å²) in [6.45, 7) is -0.221. The Morgan fingerprint density at radius 3 is 2.32 bits per heavy atom. The smallest absolute Gasteiger partial charge is 0.332 e. The van der Waals surface area contributed by atoms with E-state index in [0.29, 0.717) is 0 Å². The average Bonchev–Trinajstić information content (AvgIpc) is 2.26. The second-order valence-corrected chi connectivity index (χ2v) is 4.56. The molecule has 0 unspecified atom stereocenters. The van der Waals surface area contributed by atoms with E-state index in [1.807, 2.05) is 0 Å². The minimum absolute atomic E-state index is 0.153. The summed E-state index contributed by atoms with van der Waals surface area (Å²) in [7, 11) is 0. The number of aliphatic carboxylic acids is 1. The van der Waals surface area contributed by atoms with Crippen LogP contribution in [0.15, 0.2) is 16.6 Å². The number of carboxylic acid groups (broad SMARTS) is 1. The van der Waals surface area contributed by atoms with Crippen molar-refractivity contribution in [3.05, 3.63) is 33.8 Å². The molecule has 1 atom stereocenters. The number of nitrogens with one attached hydrogen (secondary N) is 1. The number of halogens is 3. The third kappa shape index (κ3) is 4.25. The molecule has 104 valence electrons. The molecule has 0 saturated carbocycles. The van der Waals surface area contributed by atoms with Crippen molar-refractivity contribution in [2.75, 3.05) is 6.54 Å². The predicted molar refractivity (Wildman–Crippen MR) is 64.7 cm³/mol. The second kappa shape index (κ2) is 6.58. The maximum atomic E-state index is 13.4. The van der Waals surface area contributed by atoms with Crippen LogP contribution >= 0.6 is 15.9 Å². The van der Waals surface area contributed by atoms with Crippen molar-refractivity contribution < 1.29 is 28.6 Å². The summed E-state index contributed by atoms with van der Waals surface area (Å²) in [5.74, 6) is -4.53. The van der Waals surface area contributed by atoms with Gasteiger partial charge in [-0.1, -0.05) is 15.9 Å². The van der Waals surface area contributed by atoms with Gasteiger partial charge in [-0.2, -0.15) is 0 Å². The topological polar surface area (TPSA) is 86.6 Å². The van der Waals surface area contributed by atoms with Gasteiger partial charge in [-0.25, -0.2) is 13.6 Å². The maximum absolute atomic E-state index is 13.4. The highest BCUT2D eigenvalue weighted by Crippen LogP contribution is 2.19. The first kappa shape index (κ1) is 15.5. The number of carbonyl (C=O) groups is 2. The zero-order valence-corrected chi connectivity index (χ0v) is 11.1. The minimum Gasteiger partial charge on any atom is -0.479 e. The molecule has 1 amide bonds. The molecule has 0 saturated heterocycles. The average molecular weight is 338 g/mol. The molecule has 0 spiro atoms. The Balaban J connectivity index is 2.67. The zero-order chi connectivity index (χ0) is 14.6. The summed E-state index contributed by atoms with van der Waals surface area (Å²) >= 11 is 2.87. The summed E-state index contributed by atoms with van der Waals surface area (Å²) in [5, 5.41) is 19.5. The molecule has 1 rings (SSSR count). The maximum Gasteiger partial charge on any atom is 0.332 e. The van der Waals surface area contributed by atoms with Gasteiger partial charge in [0.15, 0.2) is 6.10 Å². The molecule has 1 aromatic rings. The van der Waals surface area contributed by atoms with Crippen LogP contribution in [0.3, 0.4) is 0 Å². The molecule has 8 heteroatoms. The molecule has 0 heterocycles. The van der Waals surface area contributed by atoms with E-state index in [-0.39, 0.29) is 17.4 Å². The number of amides is 1. The van der Waals surface area contributed by atoms with E-state index in [9.17, 15) is 18.4 Å². The van der Waals surface area contributed by atoms with Crippen LogP contribution < -0.4 is 5.32 Å². The van der Waals surface area contributed by atoms with E-state index < -0.39 is 35.2 Å². The molecule has 0 fully saturated rings. The first-order valence-corrected chi connectivity index (χ1v) is 5.96. The zero-order valence-electron chi connectivity index (χ0n) is 9.49. The van der Waals surface area contributed by atoms with Crippen LogP contribution in [0.1, 0.15) is 16.8 Å². The number of hydrogen-bond acceptors (Lipinski definition) is 3. The highest BCUT2D eigenvalue weighted by Gasteiger charge is 2.19. The highest BCUT2D eigenvalue weighted by molar-refractivity contribution is 9.10. The van der Waals surface area contributed by atoms with E-state index >= 15 is 0 Å². The number of benzene rings is 1. The molecule has 0 aliphatic carbocycles. The summed E-state index contributed by atoms with van der Waals surface area (Å²) in [6, 6.07) is 1.87. The lowest BCUT2D eigenvalue weighted by molar-refractivity contribution is -0.146. The van der Waals surface area contributed by atoms with Crippen molar-refractivity contribution in [1.82, 2.24) is 5.32 Å². The fraction of sp³-hybridized carbons (Fsp3) is 0.273. The lowest BCUT2D eigenvalue weighted by atomic mass is 10.1. The van der Waals surface area contributed by atoms with Gasteiger partial charge in [0.05, 0.1) is 0 Å². The molecule has 19 heavy (non-hydrogen) atoms. The Morgan fingerprint density at radius 1 is 1.32 bits per heavy atom. The fourth-order valence-corrected chi connectivity index (χ4v) is 1.70. The summed E-state index contributed by atoms with van der Waals surface area (Å²) in [5.41, 5.74) is -0.756. The summed E-state index contributed by atoms with van der Waals surface area (Å²) in [4.78, 5) is 21.8. The van der Waals surface area contributed by atoms with Gasteiger partial charge in [0.2, 0.25) is 0 Å². The first-order valence-electron chi connectivity index (χ1n) is 5.16. The molecule has 0 radical (unpaired) electrons. The van der Waals surface area contributed by atoms with Crippen LogP contribution in [-0.2, 0) is 4.79 Å². The molecule has 5 nitrogen and oxygen atoms in total. The molecule has 1 aromatic carbocycles. The lowest BCUT2D eigenvalue weighted by Gasteiger charge is -2.09. The normalized spacial score (nSPS) is 12.0. The van der Waals surface area contributed by atoms with Crippen LogP contribution in [0.25, 0.3) is 0 Å². The largest absolute Gasteiger partial charge is 0.479 e. The Kier molecular flexibility index (Phi) is 5.37. The summed E-state index contributed by atoms with van der Waals surface area (Å²) in [6.07, 6.45) is -1.90. The molecular weight excluding hydrogens is 328 g/mol. The number of carboxylic acids is 1. The third-order valence-electron chi connectivity index (χ3n) is 2.22. The predicted octanol–water partition coefficient (Wildman–Crippen LogP) is 1.29. The second-order valence-electron chi connectivity index (χ2n) is 3.64. The van der Waals surface area contributed by atoms with E-state index in [4.69, 9.17) is 10.2 Å². The van der Waals surface area contributed by atoms with Crippen molar-refractivity contribution in [2.45, 2.75) is 12.5 Å². The van der Waals surface area contributed by atoms with Crippen molar-refractivity contribution in [1.29, 1.82) is 0 Å². The number of aliphatic hydroxyl groups is 1. The number of aliphatic hydroxyl groups excluding tert-OH is 1. The van der Waals surface area contributed by atoms with E-state index in [1.165, 1.54) is 0 Å². The van der Waals surface area contributed by atoms with Gasteiger partial charge in [-0.05, 0) is 12.1 Å². The standard InChI is InChI=1S/C11H10BrF2NO4/c12-5-3-6(13)9(7(14)4-5)10(17)15-2-1-8(16)11(18)19/h3-4,8,16H,1-2H2,(H,15,17)(H,18,19)/t8-/m0/s1. The fourth-order valence-electron chi connectivity index (χ4n) is 1.29. The van der Waals surface area contributed by atoms with Gasteiger partial charge >= 0.3 is 5.97 Å². The van der Waals surface area contributed by atoms with Crippen molar-refractivity contribution in [3.63, 3.8) is 0 Å². The van der Waals surface area contributed by atoms with Crippen molar-refractivity contribution >= 4 is 27.8 Å². The lowest BCUT2D eigenvalue weighted by Crippen LogP contribution is -2.31. The van der Waals surface area contributed by atoms with Gasteiger partial charge in [-0.3, -0.25) is 4.79 Å². The molecule has 0 aromatic heterocycles. The Bertz CT molecular complexity index is 486. The third-order valence-corrected chi connectivity index (χ3v) is 2.68. The van der Waals surface area contributed by atoms with Crippen molar-refractivity contribution in [2.24, 2.45) is 0 Å². The molecule has 0 bridgehead atoms. The van der Waals surface area contributed by atoms with E-state index in [0.717, 1.165) is 12.1 Å². The van der Waals surface area contributed by atoms with Crippen molar-refractivity contribution in [3.8, 4) is 0 Å². The quantitative estimate of drug-likeness (QED) is 0.755. The van der Waals surface area contributed by atoms with Crippen LogP contribution in [0.4, 0.5) is 8.78 Å². The molecule has 0 aliphatic heterocycles. The SMILES string of the molecule is O=C(NCC[C@H](O)C(=O)O)c1c(F)cc(Br)cc1F. The van der Waals surface area contributed by atoms with Crippen LogP contribution in [0.2, 0.25) is 0 Å². The summed E-state index contributed by atoms with van der Waals surface area (Å²) < 4.78 is 27.0. The van der Waals surface area contributed by atoms with Crippen LogP contribution in [0, 0.1) is 11.6 Å². The molecule has 0 aliphatic rings. The van der Waals surface area contributed by atoms with Gasteiger partial charge in [0, 0.05) is 17.4 Å².